The molecule has 50 heavy (non-hydrogen) atoms. The van der Waals surface area contributed by atoms with Gasteiger partial charge in [0.15, 0.2) is 5.82 Å². The topological polar surface area (TPSA) is 48.5 Å². The van der Waals surface area contributed by atoms with Crippen molar-refractivity contribution in [1.29, 1.82) is 0 Å². The van der Waals surface area contributed by atoms with Crippen LogP contribution in [0.25, 0.3) is 89.0 Å². The van der Waals surface area contributed by atoms with Gasteiger partial charge in [0, 0.05) is 50.6 Å². The molecule has 4 aromatic heterocycles. The van der Waals surface area contributed by atoms with Crippen molar-refractivity contribution in [2.24, 2.45) is 0 Å². The molecule has 0 spiro atoms. The monoisotopic (exact) mass is 639 g/mol. The molecule has 10 aromatic rings. The van der Waals surface area contributed by atoms with Crippen LogP contribution in [-0.4, -0.2) is 24.1 Å². The first-order valence-corrected chi connectivity index (χ1v) is 16.8. The largest absolute Gasteiger partial charge is 0.294 e. The summed E-state index contributed by atoms with van der Waals surface area (Å²) in [4.78, 5) is 15.1. The molecule has 0 unspecified atom stereocenters. The number of benzene rings is 6. The van der Waals surface area contributed by atoms with E-state index in [4.69, 9.17) is 15.0 Å². The number of nitrogens with zero attached hydrogens (tertiary/aromatic N) is 5. The molecule has 0 fully saturated rings. The molecule has 0 saturated heterocycles. The van der Waals surface area contributed by atoms with Crippen LogP contribution in [0, 0.1) is 0 Å². The predicted octanol–water partition coefficient (Wildman–Crippen LogP) is 11.1. The Morgan fingerprint density at radius 1 is 0.380 bits per heavy atom. The van der Waals surface area contributed by atoms with Crippen molar-refractivity contribution in [2.75, 3.05) is 0 Å². The molecule has 0 saturated carbocycles. The summed E-state index contributed by atoms with van der Waals surface area (Å²) in [7, 11) is 0. The van der Waals surface area contributed by atoms with Crippen LogP contribution >= 0.6 is 0 Å². The molecule has 0 bridgehead atoms. The Hall–Kier alpha value is -6.85. The maximum Gasteiger partial charge on any atom is 0.162 e. The Morgan fingerprint density at radius 3 is 1.84 bits per heavy atom. The Balaban J connectivity index is 1.20. The van der Waals surface area contributed by atoms with E-state index in [0.717, 1.165) is 67.0 Å². The number of rotatable bonds is 5. The van der Waals surface area contributed by atoms with Crippen molar-refractivity contribution in [1.82, 2.24) is 24.1 Å². The lowest BCUT2D eigenvalue weighted by Crippen LogP contribution is -2.02. The molecule has 5 heteroatoms. The minimum atomic E-state index is 0.693. The van der Waals surface area contributed by atoms with Gasteiger partial charge < -0.3 is 0 Å². The lowest BCUT2D eigenvalue weighted by molar-refractivity contribution is 1.05. The second-order valence-electron chi connectivity index (χ2n) is 12.5. The van der Waals surface area contributed by atoms with Gasteiger partial charge in [-0.1, -0.05) is 115 Å². The van der Waals surface area contributed by atoms with Gasteiger partial charge in [0.1, 0.15) is 11.5 Å². The van der Waals surface area contributed by atoms with Crippen molar-refractivity contribution >= 4 is 43.7 Å². The molecular formula is C45H29N5. The van der Waals surface area contributed by atoms with Crippen molar-refractivity contribution in [2.45, 2.75) is 0 Å². The summed E-state index contributed by atoms with van der Waals surface area (Å²) in [5, 5.41) is 4.66. The SMILES string of the molecule is c1ccc(-c2cc(-n3c4ccccc4c4ccc(-c5ccc6c(c5)c5cccnc5n6-c5ccccc5)cc43)nc(-c3ccccc3)n2)cc1. The highest BCUT2D eigenvalue weighted by atomic mass is 15.1. The van der Waals surface area contributed by atoms with E-state index in [1.807, 2.05) is 42.6 Å². The molecule has 0 radical (unpaired) electrons. The molecule has 0 aliphatic heterocycles. The molecule has 0 aliphatic rings. The highest BCUT2D eigenvalue weighted by Crippen LogP contribution is 2.38. The van der Waals surface area contributed by atoms with E-state index in [1.165, 1.54) is 16.2 Å². The van der Waals surface area contributed by atoms with E-state index in [9.17, 15) is 0 Å². The maximum atomic E-state index is 5.22. The third-order valence-corrected chi connectivity index (χ3v) is 9.59. The van der Waals surface area contributed by atoms with Gasteiger partial charge in [0.2, 0.25) is 0 Å². The van der Waals surface area contributed by atoms with Gasteiger partial charge in [-0.2, -0.15) is 0 Å². The summed E-state index contributed by atoms with van der Waals surface area (Å²) < 4.78 is 4.54. The van der Waals surface area contributed by atoms with Crippen LogP contribution < -0.4 is 0 Å². The molecule has 0 atom stereocenters. The quantitative estimate of drug-likeness (QED) is 0.188. The molecule has 6 aromatic carbocycles. The predicted molar refractivity (Wildman–Crippen MR) is 205 cm³/mol. The first-order valence-electron chi connectivity index (χ1n) is 16.8. The molecule has 234 valence electrons. The summed E-state index contributed by atoms with van der Waals surface area (Å²) in [6, 6.07) is 59.4. The number of fused-ring (bicyclic) bond motifs is 6. The van der Waals surface area contributed by atoms with Crippen LogP contribution in [0.1, 0.15) is 0 Å². The van der Waals surface area contributed by atoms with E-state index in [2.05, 4.69) is 143 Å². The van der Waals surface area contributed by atoms with Gasteiger partial charge in [-0.25, -0.2) is 15.0 Å². The molecular weight excluding hydrogens is 611 g/mol. The van der Waals surface area contributed by atoms with Gasteiger partial charge in [-0.3, -0.25) is 9.13 Å². The molecule has 10 rings (SSSR count). The van der Waals surface area contributed by atoms with Crippen LogP contribution in [0.2, 0.25) is 0 Å². The minimum Gasteiger partial charge on any atom is -0.294 e. The van der Waals surface area contributed by atoms with Crippen LogP contribution in [0.3, 0.4) is 0 Å². The Bertz CT molecular complexity index is 2800. The van der Waals surface area contributed by atoms with Crippen molar-refractivity contribution in [3.63, 3.8) is 0 Å². The molecule has 0 N–H and O–H groups in total. The van der Waals surface area contributed by atoms with Gasteiger partial charge in [-0.05, 0) is 59.7 Å². The van der Waals surface area contributed by atoms with Crippen LogP contribution in [-0.2, 0) is 0 Å². The summed E-state index contributed by atoms with van der Waals surface area (Å²) in [5.74, 6) is 1.52. The molecule has 5 nitrogen and oxygen atoms in total. The van der Waals surface area contributed by atoms with E-state index in [-0.39, 0.29) is 0 Å². The second-order valence-corrected chi connectivity index (χ2v) is 12.5. The number of para-hydroxylation sites is 2. The average Bonchev–Trinajstić information content (AvgIpc) is 3.71. The Kier molecular flexibility index (Phi) is 6.42. The van der Waals surface area contributed by atoms with Gasteiger partial charge in [0.25, 0.3) is 0 Å². The average molecular weight is 640 g/mol. The zero-order valence-corrected chi connectivity index (χ0v) is 27.0. The first-order chi connectivity index (χ1) is 24.8. The zero-order chi connectivity index (χ0) is 33.0. The first kappa shape index (κ1) is 28.2. The number of aromatic nitrogens is 5. The fourth-order valence-corrected chi connectivity index (χ4v) is 7.28. The van der Waals surface area contributed by atoms with Crippen molar-refractivity contribution in [3.8, 4) is 45.3 Å². The lowest BCUT2D eigenvalue weighted by atomic mass is 10.0. The molecule has 0 aliphatic carbocycles. The number of pyridine rings is 1. The number of hydrogen-bond acceptors (Lipinski definition) is 3. The smallest absolute Gasteiger partial charge is 0.162 e. The van der Waals surface area contributed by atoms with Gasteiger partial charge in [0.05, 0.1) is 22.2 Å². The van der Waals surface area contributed by atoms with Crippen LogP contribution in [0.15, 0.2) is 176 Å². The Labute approximate surface area is 288 Å². The van der Waals surface area contributed by atoms with E-state index in [1.54, 1.807) is 0 Å². The third kappa shape index (κ3) is 4.52. The van der Waals surface area contributed by atoms with Crippen molar-refractivity contribution < 1.29 is 0 Å². The minimum absolute atomic E-state index is 0.693. The highest BCUT2D eigenvalue weighted by molar-refractivity contribution is 6.11. The summed E-state index contributed by atoms with van der Waals surface area (Å²) in [5.41, 5.74) is 10.6. The van der Waals surface area contributed by atoms with Crippen molar-refractivity contribution in [3.05, 3.63) is 176 Å². The summed E-state index contributed by atoms with van der Waals surface area (Å²) in [6.45, 7) is 0. The van der Waals surface area contributed by atoms with E-state index >= 15 is 0 Å². The summed E-state index contributed by atoms with van der Waals surface area (Å²) in [6.07, 6.45) is 1.87. The molecule has 4 heterocycles. The van der Waals surface area contributed by atoms with Gasteiger partial charge >= 0.3 is 0 Å². The second kappa shape index (κ2) is 11.4. The fraction of sp³-hybridized carbons (Fsp3) is 0. The highest BCUT2D eigenvalue weighted by Gasteiger charge is 2.18. The maximum absolute atomic E-state index is 5.22. The van der Waals surface area contributed by atoms with E-state index in [0.29, 0.717) is 5.82 Å². The standard InChI is InChI=1S/C45H29N5/c1-4-13-30(14-5-1)39-29-43(48-44(47-39)31-15-6-2-7-16-31)50-40-21-11-10-19-35(40)36-24-22-33(28-42(36)50)32-23-25-41-38(27-32)37-20-12-26-46-45(37)49(41)34-17-8-3-9-18-34/h1-29H. The third-order valence-electron chi connectivity index (χ3n) is 9.59. The normalized spacial score (nSPS) is 11.6. The molecule has 0 amide bonds. The van der Waals surface area contributed by atoms with E-state index < -0.39 is 0 Å². The fourth-order valence-electron chi connectivity index (χ4n) is 7.28. The summed E-state index contributed by atoms with van der Waals surface area (Å²) >= 11 is 0. The van der Waals surface area contributed by atoms with Crippen LogP contribution in [0.5, 0.6) is 0 Å². The number of hydrogen-bond donors (Lipinski definition) is 0. The zero-order valence-electron chi connectivity index (χ0n) is 27.0. The van der Waals surface area contributed by atoms with Crippen LogP contribution in [0.4, 0.5) is 0 Å². The van der Waals surface area contributed by atoms with Gasteiger partial charge in [-0.15, -0.1) is 0 Å². The Morgan fingerprint density at radius 2 is 1.02 bits per heavy atom. The lowest BCUT2D eigenvalue weighted by Gasteiger charge is -2.12.